The number of fused-ring (bicyclic) bond motifs is 1. The first-order valence-corrected chi connectivity index (χ1v) is 7.48. The number of sulfone groups is 1. The second kappa shape index (κ2) is 6.57. The molecule has 0 bridgehead atoms. The predicted molar refractivity (Wildman–Crippen MR) is 75.1 cm³/mol. The fourth-order valence-corrected chi connectivity index (χ4v) is 4.63. The highest BCUT2D eigenvalue weighted by molar-refractivity contribution is 7.91. The molecule has 1 N–H and O–H groups in total. The Kier molecular flexibility index (Phi) is 6.74. The molecule has 0 aromatic carbocycles. The van der Waals surface area contributed by atoms with Gasteiger partial charge in [0.25, 0.3) is 0 Å². The zero-order valence-electron chi connectivity index (χ0n) is 10.3. The van der Waals surface area contributed by atoms with Crippen LogP contribution >= 0.6 is 24.8 Å². The van der Waals surface area contributed by atoms with Crippen molar-refractivity contribution in [1.29, 1.82) is 0 Å². The van der Waals surface area contributed by atoms with Gasteiger partial charge in [-0.2, -0.15) is 0 Å². The van der Waals surface area contributed by atoms with Crippen molar-refractivity contribution in [1.82, 2.24) is 10.2 Å². The first kappa shape index (κ1) is 17.4. The van der Waals surface area contributed by atoms with E-state index in [0.717, 1.165) is 19.6 Å². The van der Waals surface area contributed by atoms with Crippen molar-refractivity contribution >= 4 is 34.7 Å². The Morgan fingerprint density at radius 2 is 1.94 bits per heavy atom. The molecule has 7 heteroatoms. The number of nitrogens with one attached hydrogen (secondary N) is 1. The summed E-state index contributed by atoms with van der Waals surface area (Å²) in [6, 6.07) is 0.383. The van der Waals surface area contributed by atoms with Crippen molar-refractivity contribution in [3.8, 4) is 0 Å². The van der Waals surface area contributed by atoms with Crippen LogP contribution in [0.2, 0.25) is 0 Å². The molecule has 2 heterocycles. The third-order valence-electron chi connectivity index (χ3n) is 3.20. The fraction of sp³-hybridized carbons (Fsp3) is 1.00. The molecule has 2 atom stereocenters. The number of halogens is 2. The maximum Gasteiger partial charge on any atom is 0.153 e. The van der Waals surface area contributed by atoms with Gasteiger partial charge in [-0.3, -0.25) is 4.90 Å². The van der Waals surface area contributed by atoms with E-state index in [0.29, 0.717) is 17.4 Å². The topological polar surface area (TPSA) is 49.4 Å². The Morgan fingerprint density at radius 3 is 2.53 bits per heavy atom. The molecule has 0 saturated carbocycles. The summed E-state index contributed by atoms with van der Waals surface area (Å²) in [5.41, 5.74) is 0. The highest BCUT2D eigenvalue weighted by Gasteiger charge is 2.42. The maximum absolute atomic E-state index is 11.6. The van der Waals surface area contributed by atoms with E-state index in [-0.39, 0.29) is 36.9 Å². The lowest BCUT2D eigenvalue weighted by molar-refractivity contribution is 0.133. The van der Waals surface area contributed by atoms with Gasteiger partial charge in [0.1, 0.15) is 0 Å². The van der Waals surface area contributed by atoms with E-state index in [9.17, 15) is 8.42 Å². The van der Waals surface area contributed by atoms with Crippen molar-refractivity contribution in [2.75, 3.05) is 31.1 Å². The first-order valence-electron chi connectivity index (χ1n) is 5.66. The third-order valence-corrected chi connectivity index (χ3v) is 4.91. The SMILES string of the molecule is CC(C)CN1CCN[C@H]2CS(=O)(=O)C[C@H]21.Cl.Cl. The van der Waals surface area contributed by atoms with Crippen LogP contribution in [-0.2, 0) is 9.84 Å². The minimum absolute atomic E-state index is 0. The summed E-state index contributed by atoms with van der Waals surface area (Å²) in [7, 11) is -2.80. The molecule has 0 amide bonds. The Bertz CT molecular complexity index is 335. The van der Waals surface area contributed by atoms with Gasteiger partial charge in [-0.05, 0) is 5.92 Å². The fourth-order valence-electron chi connectivity index (χ4n) is 2.64. The standard InChI is InChI=1S/C10H20N2O2S.2ClH/c1-8(2)5-12-4-3-11-9-6-15(13,14)7-10(9)12;;/h8-11H,3-7H2,1-2H3;2*1H/t9-,10+;;/m0../s1. The zero-order valence-corrected chi connectivity index (χ0v) is 12.7. The molecule has 0 unspecified atom stereocenters. The summed E-state index contributed by atoms with van der Waals surface area (Å²) in [6.45, 7) is 7.28. The molecular weight excluding hydrogens is 283 g/mol. The molecule has 104 valence electrons. The Labute approximate surface area is 116 Å². The normalized spacial score (nSPS) is 31.5. The largest absolute Gasteiger partial charge is 0.310 e. The van der Waals surface area contributed by atoms with Crippen LogP contribution in [0.5, 0.6) is 0 Å². The van der Waals surface area contributed by atoms with E-state index < -0.39 is 9.84 Å². The lowest BCUT2D eigenvalue weighted by atomic mass is 10.1. The van der Waals surface area contributed by atoms with Gasteiger partial charge in [0.2, 0.25) is 0 Å². The average molecular weight is 305 g/mol. The van der Waals surface area contributed by atoms with Gasteiger partial charge in [0.15, 0.2) is 9.84 Å². The lowest BCUT2D eigenvalue weighted by Crippen LogP contribution is -2.57. The summed E-state index contributed by atoms with van der Waals surface area (Å²) >= 11 is 0. The van der Waals surface area contributed by atoms with Crippen LogP contribution in [0.15, 0.2) is 0 Å². The summed E-state index contributed by atoms with van der Waals surface area (Å²) in [5.74, 6) is 1.27. The molecule has 0 spiro atoms. The van der Waals surface area contributed by atoms with Gasteiger partial charge in [-0.25, -0.2) is 8.42 Å². The molecule has 2 rings (SSSR count). The van der Waals surface area contributed by atoms with Crippen LogP contribution in [0, 0.1) is 5.92 Å². The van der Waals surface area contributed by atoms with E-state index >= 15 is 0 Å². The minimum Gasteiger partial charge on any atom is -0.310 e. The smallest absolute Gasteiger partial charge is 0.153 e. The van der Waals surface area contributed by atoms with Crippen molar-refractivity contribution in [3.05, 3.63) is 0 Å². The van der Waals surface area contributed by atoms with Crippen molar-refractivity contribution < 1.29 is 8.42 Å². The van der Waals surface area contributed by atoms with Crippen LogP contribution in [-0.4, -0.2) is 56.5 Å². The number of rotatable bonds is 2. The van der Waals surface area contributed by atoms with Crippen molar-refractivity contribution in [2.24, 2.45) is 5.92 Å². The van der Waals surface area contributed by atoms with E-state index in [1.54, 1.807) is 0 Å². The molecule has 0 aromatic heterocycles. The molecule has 0 aromatic rings. The van der Waals surface area contributed by atoms with E-state index in [2.05, 4.69) is 24.1 Å². The second-order valence-corrected chi connectivity index (χ2v) is 7.25. The van der Waals surface area contributed by atoms with Crippen molar-refractivity contribution in [2.45, 2.75) is 25.9 Å². The van der Waals surface area contributed by atoms with Crippen LogP contribution in [0.3, 0.4) is 0 Å². The number of nitrogens with zero attached hydrogens (tertiary/aromatic N) is 1. The minimum atomic E-state index is -2.80. The quantitative estimate of drug-likeness (QED) is 0.810. The van der Waals surface area contributed by atoms with Gasteiger partial charge in [-0.1, -0.05) is 13.8 Å². The van der Waals surface area contributed by atoms with E-state index in [4.69, 9.17) is 0 Å². The molecule has 0 radical (unpaired) electrons. The second-order valence-electron chi connectivity index (χ2n) is 5.09. The van der Waals surface area contributed by atoms with Gasteiger partial charge in [0, 0.05) is 31.7 Å². The van der Waals surface area contributed by atoms with Crippen LogP contribution < -0.4 is 5.32 Å². The maximum atomic E-state index is 11.6. The molecule has 0 aliphatic carbocycles. The van der Waals surface area contributed by atoms with Gasteiger partial charge in [-0.15, -0.1) is 24.8 Å². The number of piperazine rings is 1. The molecule has 2 aliphatic heterocycles. The first-order chi connectivity index (χ1) is 6.98. The average Bonchev–Trinajstić information content (AvgIpc) is 2.39. The Morgan fingerprint density at radius 1 is 1.29 bits per heavy atom. The third kappa shape index (κ3) is 4.24. The molecule has 4 nitrogen and oxygen atoms in total. The summed E-state index contributed by atoms with van der Waals surface area (Å²) < 4.78 is 23.1. The van der Waals surface area contributed by atoms with E-state index in [1.165, 1.54) is 0 Å². The van der Waals surface area contributed by atoms with Crippen molar-refractivity contribution in [3.63, 3.8) is 0 Å². The molecule has 17 heavy (non-hydrogen) atoms. The number of hydrogen-bond donors (Lipinski definition) is 1. The van der Waals surface area contributed by atoms with Gasteiger partial charge >= 0.3 is 0 Å². The molecular formula is C10H22Cl2N2O2S. The molecule has 2 saturated heterocycles. The molecule has 2 fully saturated rings. The lowest BCUT2D eigenvalue weighted by Gasteiger charge is -2.38. The highest BCUT2D eigenvalue weighted by Crippen LogP contribution is 2.21. The van der Waals surface area contributed by atoms with E-state index in [1.807, 2.05) is 0 Å². The summed E-state index contributed by atoms with van der Waals surface area (Å²) in [4.78, 5) is 2.34. The van der Waals surface area contributed by atoms with Crippen LogP contribution in [0.25, 0.3) is 0 Å². The highest BCUT2D eigenvalue weighted by atomic mass is 35.5. The summed E-state index contributed by atoms with van der Waals surface area (Å²) in [5, 5.41) is 3.32. The Balaban J connectivity index is 0.00000128. The Hall–Kier alpha value is 0.450. The summed E-state index contributed by atoms with van der Waals surface area (Å²) in [6.07, 6.45) is 0. The van der Waals surface area contributed by atoms with Crippen LogP contribution in [0.4, 0.5) is 0 Å². The number of hydrogen-bond acceptors (Lipinski definition) is 4. The monoisotopic (exact) mass is 304 g/mol. The van der Waals surface area contributed by atoms with Gasteiger partial charge < -0.3 is 5.32 Å². The zero-order chi connectivity index (χ0) is 11.1. The predicted octanol–water partition coefficient (Wildman–Crippen LogP) is 0.557. The van der Waals surface area contributed by atoms with Gasteiger partial charge in [0.05, 0.1) is 11.5 Å². The van der Waals surface area contributed by atoms with Crippen LogP contribution in [0.1, 0.15) is 13.8 Å². The molecule has 2 aliphatic rings.